The Hall–Kier alpha value is -1.63. The van der Waals surface area contributed by atoms with Crippen molar-refractivity contribution in [3.05, 3.63) is 46.7 Å². The zero-order valence-corrected chi connectivity index (χ0v) is 15.8. The number of thioether (sulfide) groups is 1. The molecule has 0 spiro atoms. The van der Waals surface area contributed by atoms with E-state index in [1.54, 1.807) is 0 Å². The summed E-state index contributed by atoms with van der Waals surface area (Å²) in [4.78, 5) is 12.8. The van der Waals surface area contributed by atoms with Crippen LogP contribution in [-0.4, -0.2) is 27.6 Å². The number of rotatable bonds is 4. The Kier molecular flexibility index (Phi) is 4.67. The highest BCUT2D eigenvalue weighted by Gasteiger charge is 2.22. The van der Waals surface area contributed by atoms with Crippen LogP contribution >= 0.6 is 34.7 Å². The van der Waals surface area contributed by atoms with Crippen molar-refractivity contribution >= 4 is 50.7 Å². The topological polar surface area (TPSA) is 68.9 Å². The van der Waals surface area contributed by atoms with E-state index in [-0.39, 0.29) is 5.69 Å². The maximum atomic E-state index is 11.8. The molecule has 25 heavy (non-hydrogen) atoms. The Labute approximate surface area is 158 Å². The minimum Gasteiger partial charge on any atom is -0.364 e. The Bertz CT molecular complexity index is 933. The van der Waals surface area contributed by atoms with Gasteiger partial charge in [0.25, 0.3) is 5.91 Å². The van der Waals surface area contributed by atoms with Gasteiger partial charge in [0.1, 0.15) is 0 Å². The summed E-state index contributed by atoms with van der Waals surface area (Å²) in [5.41, 5.74) is 7.78. The summed E-state index contributed by atoms with van der Waals surface area (Å²) in [6, 6.07) is 9.78. The van der Waals surface area contributed by atoms with Crippen LogP contribution in [-0.2, 0) is 6.42 Å². The highest BCUT2D eigenvalue weighted by molar-refractivity contribution is 7.99. The van der Waals surface area contributed by atoms with Crippen molar-refractivity contribution in [2.45, 2.75) is 12.8 Å². The predicted molar refractivity (Wildman–Crippen MR) is 106 cm³/mol. The lowest BCUT2D eigenvalue weighted by atomic mass is 10.0. The number of amides is 1. The smallest absolute Gasteiger partial charge is 0.270 e. The van der Waals surface area contributed by atoms with Crippen molar-refractivity contribution in [3.63, 3.8) is 0 Å². The van der Waals surface area contributed by atoms with Crippen molar-refractivity contribution in [1.82, 2.24) is 10.2 Å². The van der Waals surface area contributed by atoms with E-state index in [1.807, 2.05) is 36.0 Å². The van der Waals surface area contributed by atoms with Crippen molar-refractivity contribution < 1.29 is 4.79 Å². The first-order valence-electron chi connectivity index (χ1n) is 8.04. The summed E-state index contributed by atoms with van der Waals surface area (Å²) >= 11 is 9.50. The van der Waals surface area contributed by atoms with Crippen molar-refractivity contribution in [3.8, 4) is 10.4 Å². The maximum Gasteiger partial charge on any atom is 0.270 e. The van der Waals surface area contributed by atoms with Gasteiger partial charge in [-0.1, -0.05) is 23.7 Å². The predicted octanol–water partition coefficient (Wildman–Crippen LogP) is 4.41. The summed E-state index contributed by atoms with van der Waals surface area (Å²) in [6.07, 6.45) is 2.10. The molecule has 1 atom stereocenters. The van der Waals surface area contributed by atoms with Crippen LogP contribution < -0.4 is 5.73 Å². The molecule has 0 aliphatic carbocycles. The summed E-state index contributed by atoms with van der Waals surface area (Å²) < 4.78 is 0.827. The highest BCUT2D eigenvalue weighted by Crippen LogP contribution is 2.37. The summed E-state index contributed by atoms with van der Waals surface area (Å²) in [5, 5.41) is 10.2. The lowest BCUT2D eigenvalue weighted by molar-refractivity contribution is 0.0996. The molecule has 1 aromatic carbocycles. The van der Waals surface area contributed by atoms with Gasteiger partial charge in [-0.25, -0.2) is 0 Å². The molecule has 1 fully saturated rings. The minimum atomic E-state index is -0.537. The number of aromatic nitrogens is 2. The third-order valence-corrected chi connectivity index (χ3v) is 7.07. The molecule has 1 unspecified atom stereocenters. The molecule has 3 heterocycles. The number of fused-ring (bicyclic) bond motifs is 1. The molecule has 1 saturated heterocycles. The average Bonchev–Trinajstić information content (AvgIpc) is 3.25. The number of primary amides is 1. The lowest BCUT2D eigenvalue weighted by Gasteiger charge is -2.08. The van der Waals surface area contributed by atoms with Crippen LogP contribution in [0.15, 0.2) is 30.3 Å². The van der Waals surface area contributed by atoms with E-state index in [1.165, 1.54) is 23.5 Å². The minimum absolute atomic E-state index is 0.254. The quantitative estimate of drug-likeness (QED) is 0.717. The van der Waals surface area contributed by atoms with Gasteiger partial charge in [-0.2, -0.15) is 16.9 Å². The molecule has 4 nitrogen and oxygen atoms in total. The molecule has 2 aromatic heterocycles. The van der Waals surface area contributed by atoms with Gasteiger partial charge in [-0.05, 0) is 54.0 Å². The van der Waals surface area contributed by atoms with Gasteiger partial charge in [0.15, 0.2) is 5.69 Å². The van der Waals surface area contributed by atoms with Gasteiger partial charge in [0, 0.05) is 15.3 Å². The first-order chi connectivity index (χ1) is 12.1. The second kappa shape index (κ2) is 6.94. The summed E-state index contributed by atoms with van der Waals surface area (Å²) in [6.45, 7) is 0. The molecule has 0 bridgehead atoms. The normalized spacial score (nSPS) is 17.2. The summed E-state index contributed by atoms with van der Waals surface area (Å²) in [5.74, 6) is 2.46. The Morgan fingerprint density at radius 1 is 1.28 bits per heavy atom. The first kappa shape index (κ1) is 16.8. The number of hydrogen-bond acceptors (Lipinski definition) is 5. The second-order valence-electron chi connectivity index (χ2n) is 6.15. The zero-order valence-electron chi connectivity index (χ0n) is 13.4. The highest BCUT2D eigenvalue weighted by atomic mass is 35.5. The number of hydrogen-bond donors (Lipinski definition) is 1. The molecular formula is C18H16ClN3OS2. The van der Waals surface area contributed by atoms with Gasteiger partial charge in [-0.3, -0.25) is 4.79 Å². The van der Waals surface area contributed by atoms with E-state index in [0.29, 0.717) is 10.9 Å². The van der Waals surface area contributed by atoms with Gasteiger partial charge < -0.3 is 5.73 Å². The molecule has 1 aliphatic heterocycles. The van der Waals surface area contributed by atoms with E-state index >= 15 is 0 Å². The van der Waals surface area contributed by atoms with Crippen molar-refractivity contribution in [1.29, 1.82) is 0 Å². The largest absolute Gasteiger partial charge is 0.364 e. The fraction of sp³-hybridized carbons (Fsp3) is 0.278. The van der Waals surface area contributed by atoms with Crippen molar-refractivity contribution in [2.75, 3.05) is 11.5 Å². The fourth-order valence-electron chi connectivity index (χ4n) is 3.08. The number of carbonyl (C=O) groups excluding carboxylic acids is 1. The van der Waals surface area contributed by atoms with Crippen LogP contribution in [0.2, 0.25) is 5.02 Å². The number of nitrogens with two attached hydrogens (primary N) is 1. The van der Waals surface area contributed by atoms with Gasteiger partial charge in [-0.15, -0.1) is 16.4 Å². The van der Waals surface area contributed by atoms with Crippen LogP contribution in [0, 0.1) is 5.92 Å². The molecule has 1 aliphatic rings. The number of carbonyl (C=O) groups is 1. The summed E-state index contributed by atoms with van der Waals surface area (Å²) in [7, 11) is 0. The third kappa shape index (κ3) is 3.38. The van der Waals surface area contributed by atoms with Crippen LogP contribution in [0.25, 0.3) is 20.5 Å². The monoisotopic (exact) mass is 389 g/mol. The van der Waals surface area contributed by atoms with Gasteiger partial charge in [0.05, 0.1) is 10.4 Å². The van der Waals surface area contributed by atoms with Crippen LogP contribution in [0.4, 0.5) is 0 Å². The van der Waals surface area contributed by atoms with E-state index in [2.05, 4.69) is 16.3 Å². The first-order valence-corrected chi connectivity index (χ1v) is 10.4. The SMILES string of the molecule is NC(=O)c1nnc(CC2CCSC2)c2cc(-c3ccc(Cl)cc3)sc12. The molecule has 0 radical (unpaired) electrons. The molecule has 7 heteroatoms. The second-order valence-corrected chi connectivity index (χ2v) is 8.79. The number of nitrogens with zero attached hydrogens (tertiary/aromatic N) is 2. The fourth-order valence-corrected chi connectivity index (χ4v) is 5.66. The van der Waals surface area contributed by atoms with Crippen LogP contribution in [0.1, 0.15) is 22.6 Å². The Morgan fingerprint density at radius 3 is 2.76 bits per heavy atom. The number of halogens is 1. The molecule has 128 valence electrons. The lowest BCUT2D eigenvalue weighted by Crippen LogP contribution is -2.15. The standard InChI is InChI=1S/C18H16ClN3OS2/c19-12-3-1-11(2-4-12)15-8-13-14(7-10-5-6-24-9-10)21-22-16(18(20)23)17(13)25-15/h1-4,8,10H,5-7,9H2,(H2,20,23). The van der Waals surface area contributed by atoms with Gasteiger partial charge in [0.2, 0.25) is 0 Å². The van der Waals surface area contributed by atoms with E-state index in [9.17, 15) is 4.79 Å². The number of thiophene rings is 1. The Morgan fingerprint density at radius 2 is 2.08 bits per heavy atom. The molecule has 1 amide bonds. The van der Waals surface area contributed by atoms with Gasteiger partial charge >= 0.3 is 0 Å². The average molecular weight is 390 g/mol. The molecule has 2 N–H and O–H groups in total. The Balaban J connectivity index is 1.82. The maximum absolute atomic E-state index is 11.8. The number of benzene rings is 1. The van der Waals surface area contributed by atoms with E-state index in [0.717, 1.165) is 38.4 Å². The van der Waals surface area contributed by atoms with Crippen molar-refractivity contribution in [2.24, 2.45) is 11.7 Å². The van der Waals surface area contributed by atoms with Crippen LogP contribution in [0.5, 0.6) is 0 Å². The third-order valence-electron chi connectivity index (χ3n) is 4.40. The van der Waals surface area contributed by atoms with Crippen LogP contribution in [0.3, 0.4) is 0 Å². The zero-order chi connectivity index (χ0) is 17.4. The van der Waals surface area contributed by atoms with E-state index in [4.69, 9.17) is 17.3 Å². The molecule has 4 rings (SSSR count). The molecule has 3 aromatic rings. The molecular weight excluding hydrogens is 374 g/mol. The van der Waals surface area contributed by atoms with E-state index < -0.39 is 5.91 Å². The molecule has 0 saturated carbocycles.